The van der Waals surface area contributed by atoms with E-state index in [1.54, 1.807) is 19.1 Å². The Labute approximate surface area is 195 Å². The molecule has 0 aliphatic carbocycles. The first-order chi connectivity index (χ1) is 15.8. The number of hydrogen-bond donors (Lipinski definition) is 0. The molecule has 2 aromatic carbocycles. The van der Waals surface area contributed by atoms with Crippen molar-refractivity contribution >= 4 is 17.9 Å². The van der Waals surface area contributed by atoms with Crippen molar-refractivity contribution in [1.29, 1.82) is 0 Å². The molecule has 0 bridgehead atoms. The predicted octanol–water partition coefficient (Wildman–Crippen LogP) is 3.91. The van der Waals surface area contributed by atoms with Gasteiger partial charge in [-0.1, -0.05) is 56.3 Å². The van der Waals surface area contributed by atoms with Crippen molar-refractivity contribution in [1.82, 2.24) is 9.80 Å². The highest BCUT2D eigenvalue weighted by Crippen LogP contribution is 2.26. The molecule has 7 heteroatoms. The topological polar surface area (TPSA) is 76.2 Å². The third-order valence-electron chi connectivity index (χ3n) is 6.01. The molecule has 3 rings (SSSR count). The highest BCUT2D eigenvalue weighted by molar-refractivity contribution is 5.96. The van der Waals surface area contributed by atoms with Crippen LogP contribution in [0, 0.1) is 11.8 Å². The molecular formula is C26H32N2O5. The number of cyclic esters (lactones) is 1. The molecule has 0 aromatic heterocycles. The van der Waals surface area contributed by atoms with E-state index in [1.165, 1.54) is 4.90 Å². The highest BCUT2D eigenvalue weighted by atomic mass is 16.6. The molecule has 1 saturated heterocycles. The van der Waals surface area contributed by atoms with Crippen LogP contribution in [0.1, 0.15) is 31.4 Å². The zero-order valence-corrected chi connectivity index (χ0v) is 19.7. The monoisotopic (exact) mass is 452 g/mol. The molecule has 0 N–H and O–H groups in total. The molecular weight excluding hydrogens is 420 g/mol. The zero-order chi connectivity index (χ0) is 24.0. The van der Waals surface area contributed by atoms with Crippen molar-refractivity contribution in [2.45, 2.75) is 39.3 Å². The second-order valence-corrected chi connectivity index (χ2v) is 8.79. The van der Waals surface area contributed by atoms with Crippen LogP contribution in [-0.2, 0) is 27.3 Å². The molecule has 0 saturated carbocycles. The van der Waals surface area contributed by atoms with Gasteiger partial charge in [0.15, 0.2) is 0 Å². The Morgan fingerprint density at radius 2 is 1.76 bits per heavy atom. The van der Waals surface area contributed by atoms with E-state index in [0.717, 1.165) is 11.1 Å². The largest absolute Gasteiger partial charge is 0.497 e. The molecule has 2 aromatic rings. The lowest BCUT2D eigenvalue weighted by molar-refractivity contribution is -0.140. The Morgan fingerprint density at radius 1 is 1.09 bits per heavy atom. The number of nitrogens with zero attached hydrogens (tertiary/aromatic N) is 2. The van der Waals surface area contributed by atoms with Crippen LogP contribution in [0.4, 0.5) is 4.79 Å². The van der Waals surface area contributed by atoms with E-state index in [1.807, 2.05) is 68.4 Å². The summed E-state index contributed by atoms with van der Waals surface area (Å²) in [6.07, 6.45) is -0.297. The number of amides is 3. The van der Waals surface area contributed by atoms with Gasteiger partial charge in [0.05, 0.1) is 19.1 Å². The zero-order valence-electron chi connectivity index (χ0n) is 19.7. The first kappa shape index (κ1) is 24.3. The highest BCUT2D eigenvalue weighted by Gasteiger charge is 2.42. The van der Waals surface area contributed by atoms with E-state index in [2.05, 4.69) is 0 Å². The van der Waals surface area contributed by atoms with Gasteiger partial charge in [-0.2, -0.15) is 0 Å². The molecule has 1 aliphatic rings. The van der Waals surface area contributed by atoms with Gasteiger partial charge in [0.1, 0.15) is 12.4 Å². The van der Waals surface area contributed by atoms with Gasteiger partial charge < -0.3 is 14.4 Å². The van der Waals surface area contributed by atoms with Gasteiger partial charge in [-0.25, -0.2) is 9.69 Å². The third kappa shape index (κ3) is 6.12. The fourth-order valence-corrected chi connectivity index (χ4v) is 3.98. The van der Waals surface area contributed by atoms with Crippen LogP contribution in [0.15, 0.2) is 54.6 Å². The number of carbonyl (C=O) groups excluding carboxylic acids is 3. The molecule has 1 aliphatic heterocycles. The van der Waals surface area contributed by atoms with E-state index in [9.17, 15) is 14.4 Å². The molecule has 2 atom stereocenters. The van der Waals surface area contributed by atoms with Crippen LogP contribution >= 0.6 is 0 Å². The van der Waals surface area contributed by atoms with Crippen LogP contribution in [0.5, 0.6) is 5.75 Å². The summed E-state index contributed by atoms with van der Waals surface area (Å²) in [6.45, 7) is 4.52. The van der Waals surface area contributed by atoms with Gasteiger partial charge in [0, 0.05) is 20.0 Å². The molecule has 0 spiro atoms. The van der Waals surface area contributed by atoms with E-state index in [4.69, 9.17) is 9.47 Å². The van der Waals surface area contributed by atoms with Crippen LogP contribution in [0.2, 0.25) is 0 Å². The van der Waals surface area contributed by atoms with Crippen molar-refractivity contribution < 1.29 is 23.9 Å². The summed E-state index contributed by atoms with van der Waals surface area (Å²) in [5, 5.41) is 0. The first-order valence-electron chi connectivity index (χ1n) is 11.2. The van der Waals surface area contributed by atoms with Crippen LogP contribution in [-0.4, -0.2) is 54.5 Å². The Kier molecular flexibility index (Phi) is 8.09. The normalized spacial score (nSPS) is 16.5. The maximum Gasteiger partial charge on any atom is 0.416 e. The minimum Gasteiger partial charge on any atom is -0.497 e. The minimum absolute atomic E-state index is 0.00277. The molecule has 1 unspecified atom stereocenters. The van der Waals surface area contributed by atoms with E-state index in [-0.39, 0.29) is 36.8 Å². The summed E-state index contributed by atoms with van der Waals surface area (Å²) in [5.41, 5.74) is 1.90. The average molecular weight is 453 g/mol. The number of rotatable bonds is 9. The second kappa shape index (κ2) is 11.0. The number of hydrogen-bond acceptors (Lipinski definition) is 5. The number of carbonyl (C=O) groups is 3. The third-order valence-corrected chi connectivity index (χ3v) is 6.01. The summed E-state index contributed by atoms with van der Waals surface area (Å²) in [4.78, 5) is 41.9. The van der Waals surface area contributed by atoms with Crippen molar-refractivity contribution in [2.24, 2.45) is 11.8 Å². The predicted molar refractivity (Wildman–Crippen MR) is 125 cm³/mol. The Morgan fingerprint density at radius 3 is 2.36 bits per heavy atom. The lowest BCUT2D eigenvalue weighted by atomic mass is 9.92. The van der Waals surface area contributed by atoms with Crippen molar-refractivity contribution in [3.63, 3.8) is 0 Å². The number of imide groups is 1. The Hall–Kier alpha value is -3.35. The van der Waals surface area contributed by atoms with E-state index < -0.39 is 12.0 Å². The fraction of sp³-hybridized carbons (Fsp3) is 0.423. The fourth-order valence-electron chi connectivity index (χ4n) is 3.98. The Balaban J connectivity index is 1.80. The molecule has 1 heterocycles. The minimum atomic E-state index is -0.684. The molecule has 3 amide bonds. The number of benzene rings is 2. The quantitative estimate of drug-likeness (QED) is 0.577. The van der Waals surface area contributed by atoms with Gasteiger partial charge >= 0.3 is 6.09 Å². The van der Waals surface area contributed by atoms with Gasteiger partial charge in [0.25, 0.3) is 0 Å². The summed E-state index contributed by atoms with van der Waals surface area (Å²) < 4.78 is 10.4. The van der Waals surface area contributed by atoms with Crippen molar-refractivity contribution in [2.75, 3.05) is 20.8 Å². The first-order valence-corrected chi connectivity index (χ1v) is 11.2. The summed E-state index contributed by atoms with van der Waals surface area (Å²) in [7, 11) is 3.32. The average Bonchev–Trinajstić information content (AvgIpc) is 3.20. The van der Waals surface area contributed by atoms with Crippen LogP contribution in [0.3, 0.4) is 0 Å². The van der Waals surface area contributed by atoms with Gasteiger partial charge in [-0.3, -0.25) is 9.59 Å². The molecule has 176 valence electrons. The lowest BCUT2D eigenvalue weighted by Gasteiger charge is -2.28. The van der Waals surface area contributed by atoms with Crippen molar-refractivity contribution in [3.8, 4) is 5.75 Å². The maximum atomic E-state index is 13.5. The van der Waals surface area contributed by atoms with Gasteiger partial charge in [0.2, 0.25) is 11.8 Å². The maximum absolute atomic E-state index is 13.5. The SMILES string of the molecule is COc1ccc(C[C@H](CC(=O)N(C)Cc2ccccc2)C(=O)N2C(=O)OCC2C(C)C)cc1. The standard InChI is InChI=1S/C26H32N2O5/c1-18(2)23-17-33-26(31)28(23)25(30)21(14-19-10-12-22(32-4)13-11-19)15-24(29)27(3)16-20-8-6-5-7-9-20/h5-13,18,21,23H,14-17H2,1-4H3/t21-,23?/m1/s1. The second-order valence-electron chi connectivity index (χ2n) is 8.79. The smallest absolute Gasteiger partial charge is 0.416 e. The van der Waals surface area contributed by atoms with Gasteiger partial charge in [-0.15, -0.1) is 0 Å². The molecule has 1 fully saturated rings. The van der Waals surface area contributed by atoms with E-state index >= 15 is 0 Å². The molecule has 0 radical (unpaired) electrons. The Bertz CT molecular complexity index is 958. The lowest BCUT2D eigenvalue weighted by Crippen LogP contribution is -2.46. The summed E-state index contributed by atoms with van der Waals surface area (Å²) in [6, 6.07) is 16.7. The van der Waals surface area contributed by atoms with Crippen molar-refractivity contribution in [3.05, 3.63) is 65.7 Å². The van der Waals surface area contributed by atoms with Crippen LogP contribution in [0.25, 0.3) is 0 Å². The summed E-state index contributed by atoms with van der Waals surface area (Å²) in [5.74, 6) is -0.439. The molecule has 33 heavy (non-hydrogen) atoms. The van der Waals surface area contributed by atoms with Gasteiger partial charge in [-0.05, 0) is 35.6 Å². The number of methoxy groups -OCH3 is 1. The number of ether oxygens (including phenoxy) is 2. The summed E-state index contributed by atoms with van der Waals surface area (Å²) >= 11 is 0. The molecule has 7 nitrogen and oxygen atoms in total. The van der Waals surface area contributed by atoms with Crippen LogP contribution < -0.4 is 4.74 Å². The van der Waals surface area contributed by atoms with E-state index in [0.29, 0.717) is 18.7 Å².